The van der Waals surface area contributed by atoms with Crippen LogP contribution in [0.4, 0.5) is 5.95 Å². The molecule has 0 aromatic carbocycles. The minimum Gasteiger partial charge on any atom is -0.355 e. The number of carbonyl (C=O) groups excluding carboxylic acids is 1. The number of carbonyl (C=O) groups is 1. The number of nitrogens with zero attached hydrogens (tertiary/aromatic N) is 3. The molecule has 0 spiro atoms. The van der Waals surface area contributed by atoms with Crippen LogP contribution in [-0.2, 0) is 10.0 Å². The van der Waals surface area contributed by atoms with E-state index in [1.165, 1.54) is 26.5 Å². The highest BCUT2D eigenvalue weighted by Crippen LogP contribution is 2.00. The van der Waals surface area contributed by atoms with Crippen molar-refractivity contribution in [2.75, 3.05) is 38.3 Å². The molecule has 0 fully saturated rings. The summed E-state index contributed by atoms with van der Waals surface area (Å²) in [5.41, 5.74) is 0.286. The monoisotopic (exact) mass is 301 g/mol. The molecule has 8 nitrogen and oxygen atoms in total. The van der Waals surface area contributed by atoms with E-state index in [1.807, 2.05) is 6.92 Å². The number of hydrogen-bond donors (Lipinski definition) is 2. The fourth-order valence-corrected chi connectivity index (χ4v) is 2.00. The lowest BCUT2D eigenvalue weighted by atomic mass is 10.3. The predicted molar refractivity (Wildman–Crippen MR) is 76.0 cm³/mol. The van der Waals surface area contributed by atoms with Gasteiger partial charge in [-0.3, -0.25) is 4.79 Å². The summed E-state index contributed by atoms with van der Waals surface area (Å²) in [6.45, 7) is 2.64. The Balaban J connectivity index is 2.51. The largest absolute Gasteiger partial charge is 0.355 e. The van der Waals surface area contributed by atoms with Crippen LogP contribution in [0.25, 0.3) is 0 Å². The van der Waals surface area contributed by atoms with Crippen molar-refractivity contribution in [1.82, 2.24) is 19.6 Å². The molecule has 112 valence electrons. The number of anilines is 1. The van der Waals surface area contributed by atoms with Gasteiger partial charge in [0.1, 0.15) is 0 Å². The van der Waals surface area contributed by atoms with Crippen molar-refractivity contribution in [3.63, 3.8) is 0 Å². The summed E-state index contributed by atoms with van der Waals surface area (Å²) in [6.07, 6.45) is 2.78. The highest BCUT2D eigenvalue weighted by atomic mass is 32.2. The van der Waals surface area contributed by atoms with Crippen LogP contribution in [0.2, 0.25) is 0 Å². The lowest BCUT2D eigenvalue weighted by Gasteiger charge is -2.11. The van der Waals surface area contributed by atoms with E-state index in [0.29, 0.717) is 12.5 Å². The second kappa shape index (κ2) is 7.15. The molecule has 1 rings (SSSR count). The van der Waals surface area contributed by atoms with Gasteiger partial charge in [0.05, 0.1) is 11.3 Å². The van der Waals surface area contributed by atoms with Gasteiger partial charge in [-0.15, -0.1) is 0 Å². The Morgan fingerprint density at radius 1 is 1.30 bits per heavy atom. The SMILES string of the molecule is CCNc1ncc(C(=O)NCCS(=O)(=O)N(C)C)cn1. The molecule has 0 unspecified atom stereocenters. The Morgan fingerprint density at radius 2 is 1.90 bits per heavy atom. The first-order valence-electron chi connectivity index (χ1n) is 6.11. The van der Waals surface area contributed by atoms with Crippen molar-refractivity contribution in [1.29, 1.82) is 0 Å². The zero-order valence-corrected chi connectivity index (χ0v) is 12.6. The maximum absolute atomic E-state index is 11.7. The first-order valence-corrected chi connectivity index (χ1v) is 7.72. The molecule has 0 saturated carbocycles. The molecule has 0 aliphatic heterocycles. The molecule has 9 heteroatoms. The lowest BCUT2D eigenvalue weighted by molar-refractivity contribution is 0.0955. The van der Waals surface area contributed by atoms with Crippen LogP contribution >= 0.6 is 0 Å². The molecular formula is C11H19N5O3S. The van der Waals surface area contributed by atoms with Gasteiger partial charge in [0.2, 0.25) is 16.0 Å². The Bertz CT molecular complexity index is 542. The first kappa shape index (κ1) is 16.3. The van der Waals surface area contributed by atoms with Crippen molar-refractivity contribution >= 4 is 21.9 Å². The highest BCUT2D eigenvalue weighted by molar-refractivity contribution is 7.89. The van der Waals surface area contributed by atoms with E-state index in [1.54, 1.807) is 0 Å². The van der Waals surface area contributed by atoms with Gasteiger partial charge in [-0.25, -0.2) is 22.7 Å². The van der Waals surface area contributed by atoms with E-state index in [-0.39, 0.29) is 17.9 Å². The van der Waals surface area contributed by atoms with Crippen LogP contribution in [0.5, 0.6) is 0 Å². The van der Waals surface area contributed by atoms with Gasteiger partial charge in [0.15, 0.2) is 0 Å². The number of nitrogens with one attached hydrogen (secondary N) is 2. The molecular weight excluding hydrogens is 282 g/mol. The smallest absolute Gasteiger partial charge is 0.254 e. The van der Waals surface area contributed by atoms with E-state index in [2.05, 4.69) is 20.6 Å². The summed E-state index contributed by atoms with van der Waals surface area (Å²) in [7, 11) is -0.415. The molecule has 1 aromatic rings. The molecule has 20 heavy (non-hydrogen) atoms. The minimum absolute atomic E-state index is 0.0360. The van der Waals surface area contributed by atoms with E-state index in [9.17, 15) is 13.2 Å². The third kappa shape index (κ3) is 4.74. The second-order valence-electron chi connectivity index (χ2n) is 4.18. The lowest BCUT2D eigenvalue weighted by Crippen LogP contribution is -2.34. The Hall–Kier alpha value is -1.74. The zero-order valence-electron chi connectivity index (χ0n) is 11.8. The van der Waals surface area contributed by atoms with Crippen molar-refractivity contribution < 1.29 is 13.2 Å². The van der Waals surface area contributed by atoms with Crippen molar-refractivity contribution in [3.05, 3.63) is 18.0 Å². The van der Waals surface area contributed by atoms with Gasteiger partial charge in [-0.1, -0.05) is 0 Å². The average molecular weight is 301 g/mol. The molecule has 0 saturated heterocycles. The summed E-state index contributed by atoms with van der Waals surface area (Å²) in [4.78, 5) is 19.7. The van der Waals surface area contributed by atoms with E-state index < -0.39 is 15.9 Å². The molecule has 0 bridgehead atoms. The third-order valence-electron chi connectivity index (χ3n) is 2.45. The molecule has 0 aliphatic carbocycles. The number of hydrogen-bond acceptors (Lipinski definition) is 6. The van der Waals surface area contributed by atoms with Crippen molar-refractivity contribution in [2.45, 2.75) is 6.92 Å². The van der Waals surface area contributed by atoms with Crippen molar-refractivity contribution in [3.8, 4) is 0 Å². The third-order valence-corrected chi connectivity index (χ3v) is 4.28. The number of rotatable bonds is 7. The molecule has 0 radical (unpaired) electrons. The van der Waals surface area contributed by atoms with Crippen LogP contribution in [0.15, 0.2) is 12.4 Å². The van der Waals surface area contributed by atoms with Crippen LogP contribution in [-0.4, -0.2) is 61.5 Å². The summed E-state index contributed by atoms with van der Waals surface area (Å²) in [5.74, 6) is -0.108. The molecule has 1 aromatic heterocycles. The summed E-state index contributed by atoms with van der Waals surface area (Å²) < 4.78 is 24.1. The van der Waals surface area contributed by atoms with Gasteiger partial charge in [-0.2, -0.15) is 0 Å². The first-order chi connectivity index (χ1) is 9.36. The van der Waals surface area contributed by atoms with Crippen LogP contribution in [0.1, 0.15) is 17.3 Å². The Kier molecular flexibility index (Phi) is 5.83. The summed E-state index contributed by atoms with van der Waals surface area (Å²) >= 11 is 0. The quantitative estimate of drug-likeness (QED) is 0.705. The van der Waals surface area contributed by atoms with Gasteiger partial charge in [0, 0.05) is 39.6 Å². The molecule has 0 aliphatic rings. The summed E-state index contributed by atoms with van der Waals surface area (Å²) in [5, 5.41) is 5.43. The predicted octanol–water partition coefficient (Wildman–Crippen LogP) is -0.470. The normalized spacial score (nSPS) is 11.4. The zero-order chi connectivity index (χ0) is 15.2. The van der Waals surface area contributed by atoms with Gasteiger partial charge < -0.3 is 10.6 Å². The van der Waals surface area contributed by atoms with E-state index in [0.717, 1.165) is 4.31 Å². The Morgan fingerprint density at radius 3 is 2.40 bits per heavy atom. The van der Waals surface area contributed by atoms with Crippen LogP contribution < -0.4 is 10.6 Å². The number of amides is 1. The van der Waals surface area contributed by atoms with Gasteiger partial charge >= 0.3 is 0 Å². The number of sulfonamides is 1. The van der Waals surface area contributed by atoms with Gasteiger partial charge in [0.25, 0.3) is 5.91 Å². The topological polar surface area (TPSA) is 104 Å². The minimum atomic E-state index is -3.31. The average Bonchev–Trinajstić information content (AvgIpc) is 2.39. The maximum atomic E-state index is 11.7. The maximum Gasteiger partial charge on any atom is 0.254 e. The van der Waals surface area contributed by atoms with E-state index >= 15 is 0 Å². The second-order valence-corrected chi connectivity index (χ2v) is 6.48. The van der Waals surface area contributed by atoms with Crippen molar-refractivity contribution in [2.24, 2.45) is 0 Å². The van der Waals surface area contributed by atoms with Gasteiger partial charge in [-0.05, 0) is 6.92 Å². The Labute approximate surface area is 118 Å². The van der Waals surface area contributed by atoms with Crippen LogP contribution in [0.3, 0.4) is 0 Å². The van der Waals surface area contributed by atoms with E-state index in [4.69, 9.17) is 0 Å². The highest BCUT2D eigenvalue weighted by Gasteiger charge is 2.14. The molecule has 0 atom stereocenters. The summed E-state index contributed by atoms with van der Waals surface area (Å²) in [6, 6.07) is 0. The molecule has 1 amide bonds. The fraction of sp³-hybridized carbons (Fsp3) is 0.545. The standard InChI is InChI=1S/C11H19N5O3S/c1-4-12-11-14-7-9(8-15-11)10(17)13-5-6-20(18,19)16(2)3/h7-8H,4-6H2,1-3H3,(H,13,17)(H,12,14,15). The fourth-order valence-electron chi connectivity index (χ4n) is 1.27. The number of aromatic nitrogens is 2. The molecule has 1 heterocycles. The molecule has 2 N–H and O–H groups in total. The van der Waals surface area contributed by atoms with Crippen LogP contribution in [0, 0.1) is 0 Å².